The zero-order chi connectivity index (χ0) is 25.3. The summed E-state index contributed by atoms with van der Waals surface area (Å²) in [6.45, 7) is 1.75. The van der Waals surface area contributed by atoms with Crippen molar-refractivity contribution in [2.45, 2.75) is 25.6 Å². The van der Waals surface area contributed by atoms with E-state index in [0.717, 1.165) is 23.3 Å². The van der Waals surface area contributed by atoms with Gasteiger partial charge in [0, 0.05) is 12.4 Å². The van der Waals surface area contributed by atoms with Crippen LogP contribution in [0.3, 0.4) is 0 Å². The SMILES string of the molecule is C[C@@H](NC(=O)c1c(O)c(=O)n(C)c2ccccc12)c1cccc(Cc2cccc(C(F)(F)F)c2)c1. The van der Waals surface area contributed by atoms with Crippen LogP contribution in [0.4, 0.5) is 13.2 Å². The van der Waals surface area contributed by atoms with Crippen molar-refractivity contribution in [2.24, 2.45) is 7.05 Å². The van der Waals surface area contributed by atoms with Crippen LogP contribution in [0.25, 0.3) is 10.9 Å². The van der Waals surface area contributed by atoms with Crippen molar-refractivity contribution < 1.29 is 23.1 Å². The molecule has 0 fully saturated rings. The second kappa shape index (κ2) is 9.29. The van der Waals surface area contributed by atoms with Gasteiger partial charge < -0.3 is 15.0 Å². The fraction of sp³-hybridized carbons (Fsp3) is 0.185. The molecule has 4 rings (SSSR count). The standard InChI is InChI=1S/C27H23F3N2O3/c1-16(31-25(34)23-21-11-3-4-12-22(21)32(2)26(35)24(23)33)19-9-5-7-17(14-19)13-18-8-6-10-20(15-18)27(28,29)30/h3-12,14-16,33H,13H2,1-2H3,(H,31,34)/t16-/m1/s1. The highest BCUT2D eigenvalue weighted by Crippen LogP contribution is 2.30. The average molecular weight is 480 g/mol. The maximum Gasteiger partial charge on any atom is 0.416 e. The van der Waals surface area contributed by atoms with E-state index in [-0.39, 0.29) is 5.56 Å². The first-order valence-electron chi connectivity index (χ1n) is 10.9. The van der Waals surface area contributed by atoms with Crippen LogP contribution in [0, 0.1) is 0 Å². The quantitative estimate of drug-likeness (QED) is 0.405. The topological polar surface area (TPSA) is 71.3 Å². The van der Waals surface area contributed by atoms with Gasteiger partial charge in [0.1, 0.15) is 0 Å². The predicted octanol–water partition coefficient (Wildman–Crippen LogP) is 5.34. The molecule has 35 heavy (non-hydrogen) atoms. The number of halogens is 3. The van der Waals surface area contributed by atoms with E-state index in [4.69, 9.17) is 0 Å². The summed E-state index contributed by atoms with van der Waals surface area (Å²) < 4.78 is 40.4. The molecule has 0 bridgehead atoms. The number of rotatable bonds is 5. The van der Waals surface area contributed by atoms with Crippen LogP contribution in [-0.2, 0) is 19.6 Å². The van der Waals surface area contributed by atoms with E-state index in [1.165, 1.54) is 17.7 Å². The normalized spacial score (nSPS) is 12.5. The third kappa shape index (κ3) is 4.91. The summed E-state index contributed by atoms with van der Waals surface area (Å²) in [6.07, 6.45) is -4.12. The van der Waals surface area contributed by atoms with Crippen LogP contribution in [0.5, 0.6) is 5.75 Å². The zero-order valence-electron chi connectivity index (χ0n) is 19.1. The number of aryl methyl sites for hydroxylation is 1. The Labute approximate surface area is 199 Å². The van der Waals surface area contributed by atoms with E-state index < -0.39 is 35.0 Å². The van der Waals surface area contributed by atoms with Gasteiger partial charge in [-0.25, -0.2) is 0 Å². The number of para-hydroxylation sites is 1. The van der Waals surface area contributed by atoms with Gasteiger partial charge in [-0.05, 0) is 42.2 Å². The van der Waals surface area contributed by atoms with Gasteiger partial charge in [-0.3, -0.25) is 9.59 Å². The summed E-state index contributed by atoms with van der Waals surface area (Å²) in [7, 11) is 1.52. The number of hydrogen-bond donors (Lipinski definition) is 2. The Kier molecular flexibility index (Phi) is 6.39. The monoisotopic (exact) mass is 480 g/mol. The van der Waals surface area contributed by atoms with Gasteiger partial charge in [-0.15, -0.1) is 0 Å². The van der Waals surface area contributed by atoms with Gasteiger partial charge in [0.2, 0.25) is 0 Å². The summed E-state index contributed by atoms with van der Waals surface area (Å²) in [5.41, 5.74) is 1.06. The van der Waals surface area contributed by atoms with Gasteiger partial charge in [-0.1, -0.05) is 60.7 Å². The van der Waals surface area contributed by atoms with E-state index >= 15 is 0 Å². The highest BCUT2D eigenvalue weighted by Gasteiger charge is 2.30. The number of fused-ring (bicyclic) bond motifs is 1. The number of amides is 1. The molecule has 0 spiro atoms. The minimum atomic E-state index is -4.41. The Bertz CT molecular complexity index is 1480. The Morgan fingerprint density at radius 2 is 1.66 bits per heavy atom. The van der Waals surface area contributed by atoms with Crippen LogP contribution >= 0.6 is 0 Å². The van der Waals surface area contributed by atoms with Crippen LogP contribution in [0.1, 0.15) is 45.6 Å². The van der Waals surface area contributed by atoms with Crippen molar-refractivity contribution in [1.29, 1.82) is 0 Å². The Morgan fingerprint density at radius 1 is 1.00 bits per heavy atom. The molecule has 180 valence electrons. The number of alkyl halides is 3. The lowest BCUT2D eigenvalue weighted by Crippen LogP contribution is -2.29. The Hall–Kier alpha value is -4.07. The molecule has 1 amide bonds. The molecule has 1 heterocycles. The number of nitrogens with one attached hydrogen (secondary N) is 1. The second-order valence-electron chi connectivity index (χ2n) is 8.42. The number of hydrogen-bond acceptors (Lipinski definition) is 3. The molecule has 5 nitrogen and oxygen atoms in total. The van der Waals surface area contributed by atoms with Crippen molar-refractivity contribution in [3.63, 3.8) is 0 Å². The van der Waals surface area contributed by atoms with Crippen LogP contribution < -0.4 is 10.9 Å². The van der Waals surface area contributed by atoms with Gasteiger partial charge in [0.05, 0.1) is 22.7 Å². The largest absolute Gasteiger partial charge is 0.502 e. The summed E-state index contributed by atoms with van der Waals surface area (Å²) >= 11 is 0. The van der Waals surface area contributed by atoms with E-state index in [9.17, 15) is 27.9 Å². The minimum Gasteiger partial charge on any atom is -0.502 e. The molecule has 2 N–H and O–H groups in total. The molecule has 3 aromatic carbocycles. The number of benzene rings is 3. The Morgan fingerprint density at radius 3 is 2.37 bits per heavy atom. The molecule has 1 aromatic heterocycles. The summed E-state index contributed by atoms with van der Waals surface area (Å²) in [6, 6.07) is 18.7. The average Bonchev–Trinajstić information content (AvgIpc) is 2.82. The van der Waals surface area contributed by atoms with Crippen molar-refractivity contribution in [3.8, 4) is 5.75 Å². The predicted molar refractivity (Wildman–Crippen MR) is 127 cm³/mol. The summed E-state index contributed by atoms with van der Waals surface area (Å²) in [4.78, 5) is 25.5. The lowest BCUT2D eigenvalue weighted by molar-refractivity contribution is -0.137. The third-order valence-electron chi connectivity index (χ3n) is 5.97. The van der Waals surface area contributed by atoms with Crippen molar-refractivity contribution in [2.75, 3.05) is 0 Å². The number of aromatic nitrogens is 1. The zero-order valence-corrected chi connectivity index (χ0v) is 19.1. The molecule has 4 aromatic rings. The molecule has 0 unspecified atom stereocenters. The van der Waals surface area contributed by atoms with Crippen molar-refractivity contribution in [3.05, 3.63) is 111 Å². The lowest BCUT2D eigenvalue weighted by atomic mass is 9.98. The molecule has 1 atom stereocenters. The fourth-order valence-electron chi connectivity index (χ4n) is 4.13. The van der Waals surface area contributed by atoms with Crippen LogP contribution in [-0.4, -0.2) is 15.6 Å². The first-order chi connectivity index (χ1) is 16.6. The molecular weight excluding hydrogens is 457 g/mol. The number of nitrogens with zero attached hydrogens (tertiary/aromatic N) is 1. The maximum atomic E-state index is 13.1. The minimum absolute atomic E-state index is 0.101. The van der Waals surface area contributed by atoms with E-state index in [1.807, 2.05) is 6.07 Å². The fourth-order valence-corrected chi connectivity index (χ4v) is 4.13. The lowest BCUT2D eigenvalue weighted by Gasteiger charge is -2.18. The van der Waals surface area contributed by atoms with Gasteiger partial charge >= 0.3 is 6.18 Å². The summed E-state index contributed by atoms with van der Waals surface area (Å²) in [5.74, 6) is -1.23. The van der Waals surface area contributed by atoms with Gasteiger partial charge in [-0.2, -0.15) is 13.2 Å². The maximum absolute atomic E-state index is 13.1. The molecule has 0 aliphatic carbocycles. The number of pyridine rings is 1. The molecule has 0 saturated heterocycles. The van der Waals surface area contributed by atoms with E-state index in [1.54, 1.807) is 55.5 Å². The molecule has 8 heteroatoms. The van der Waals surface area contributed by atoms with Crippen molar-refractivity contribution >= 4 is 16.8 Å². The van der Waals surface area contributed by atoms with E-state index in [0.29, 0.717) is 22.9 Å². The number of carbonyl (C=O) groups excluding carboxylic acids is 1. The molecule has 0 aliphatic rings. The highest BCUT2D eigenvalue weighted by atomic mass is 19.4. The smallest absolute Gasteiger partial charge is 0.416 e. The van der Waals surface area contributed by atoms with E-state index in [2.05, 4.69) is 5.32 Å². The molecule has 0 radical (unpaired) electrons. The Balaban J connectivity index is 1.58. The highest BCUT2D eigenvalue weighted by molar-refractivity contribution is 6.08. The van der Waals surface area contributed by atoms with Gasteiger partial charge in [0.25, 0.3) is 11.5 Å². The van der Waals surface area contributed by atoms with Crippen LogP contribution in [0.2, 0.25) is 0 Å². The number of aromatic hydroxyl groups is 1. The molecule has 0 aliphatic heterocycles. The first-order valence-corrected chi connectivity index (χ1v) is 10.9. The van der Waals surface area contributed by atoms with Crippen LogP contribution in [0.15, 0.2) is 77.6 Å². The van der Waals surface area contributed by atoms with Gasteiger partial charge in [0.15, 0.2) is 5.75 Å². The van der Waals surface area contributed by atoms with Crippen molar-refractivity contribution in [1.82, 2.24) is 9.88 Å². The first kappa shape index (κ1) is 24.1. The molecular formula is C27H23F3N2O3. The number of carbonyl (C=O) groups is 1. The third-order valence-corrected chi connectivity index (χ3v) is 5.97. The summed E-state index contributed by atoms with van der Waals surface area (Å²) in [5, 5.41) is 13.7. The molecule has 0 saturated carbocycles. The second-order valence-corrected chi connectivity index (χ2v) is 8.42.